The molecule has 0 fully saturated rings. The second kappa shape index (κ2) is 7.13. The Balaban J connectivity index is 1.83. The van der Waals surface area contributed by atoms with Crippen LogP contribution in [0.5, 0.6) is 0 Å². The third-order valence-corrected chi connectivity index (χ3v) is 3.96. The number of benzene rings is 2. The Morgan fingerprint density at radius 3 is 2.36 bits per heavy atom. The van der Waals surface area contributed by atoms with Crippen molar-refractivity contribution in [2.24, 2.45) is 0 Å². The predicted molar refractivity (Wildman–Crippen MR) is 96.9 cm³/mol. The Morgan fingerprint density at radius 2 is 1.68 bits per heavy atom. The molecule has 1 N–H and O–H groups in total. The van der Waals surface area contributed by atoms with E-state index in [9.17, 15) is 9.59 Å². The lowest BCUT2D eigenvalue weighted by Crippen LogP contribution is -2.30. The average molecular weight is 333 g/mol. The summed E-state index contributed by atoms with van der Waals surface area (Å²) in [5.41, 5.74) is 2.71. The Bertz CT molecular complexity index is 931. The van der Waals surface area contributed by atoms with Crippen LogP contribution in [0.4, 0.5) is 0 Å². The number of hydrogen-bond donors (Lipinski definition) is 1. The molecule has 2 aromatic carbocycles. The first kappa shape index (κ1) is 16.6. The van der Waals surface area contributed by atoms with Gasteiger partial charge in [0.15, 0.2) is 0 Å². The first-order chi connectivity index (χ1) is 12.0. The SMILES string of the molecule is Cc1ccc(C(C)NC(=O)c2ccc(=O)n(-c3ccccc3)n2)cc1. The van der Waals surface area contributed by atoms with Crippen LogP contribution in [0.1, 0.15) is 34.6 Å². The van der Waals surface area contributed by atoms with Crippen molar-refractivity contribution in [2.75, 3.05) is 0 Å². The van der Waals surface area contributed by atoms with Gasteiger partial charge in [-0.3, -0.25) is 9.59 Å². The number of nitrogens with zero attached hydrogens (tertiary/aromatic N) is 2. The standard InChI is InChI=1S/C20H19N3O2/c1-14-8-10-16(11-9-14)15(2)21-20(25)18-12-13-19(24)23(22-18)17-6-4-3-5-7-17/h3-13,15H,1-2H3,(H,21,25). The molecule has 25 heavy (non-hydrogen) atoms. The molecule has 3 aromatic rings. The van der Waals surface area contributed by atoms with Crippen molar-refractivity contribution in [1.29, 1.82) is 0 Å². The van der Waals surface area contributed by atoms with Gasteiger partial charge in [-0.2, -0.15) is 9.78 Å². The summed E-state index contributed by atoms with van der Waals surface area (Å²) in [6, 6.07) is 19.6. The summed E-state index contributed by atoms with van der Waals surface area (Å²) in [7, 11) is 0. The smallest absolute Gasteiger partial charge is 0.272 e. The van der Waals surface area contributed by atoms with Crippen molar-refractivity contribution in [3.05, 3.63) is 93.9 Å². The highest BCUT2D eigenvalue weighted by molar-refractivity contribution is 5.92. The molecule has 1 heterocycles. The maximum absolute atomic E-state index is 12.5. The predicted octanol–water partition coefficient (Wildman–Crippen LogP) is 3.03. The fourth-order valence-corrected chi connectivity index (χ4v) is 2.50. The molecule has 0 saturated carbocycles. The summed E-state index contributed by atoms with van der Waals surface area (Å²) in [6.45, 7) is 3.93. The van der Waals surface area contributed by atoms with Gasteiger partial charge in [0.05, 0.1) is 11.7 Å². The normalized spacial score (nSPS) is 11.8. The van der Waals surface area contributed by atoms with Crippen LogP contribution in [-0.2, 0) is 0 Å². The second-order valence-corrected chi connectivity index (χ2v) is 5.91. The van der Waals surface area contributed by atoms with E-state index in [4.69, 9.17) is 0 Å². The van der Waals surface area contributed by atoms with E-state index in [2.05, 4.69) is 10.4 Å². The van der Waals surface area contributed by atoms with Crippen LogP contribution in [0.15, 0.2) is 71.5 Å². The van der Waals surface area contributed by atoms with Gasteiger partial charge in [0, 0.05) is 6.07 Å². The number of aryl methyl sites for hydroxylation is 1. The van der Waals surface area contributed by atoms with Crippen LogP contribution < -0.4 is 10.9 Å². The van der Waals surface area contributed by atoms with Crippen molar-refractivity contribution in [1.82, 2.24) is 15.1 Å². The molecule has 0 bridgehead atoms. The number of hydrogen-bond acceptors (Lipinski definition) is 3. The fourth-order valence-electron chi connectivity index (χ4n) is 2.50. The molecule has 3 rings (SSSR count). The van der Waals surface area contributed by atoms with Crippen LogP contribution >= 0.6 is 0 Å². The van der Waals surface area contributed by atoms with E-state index in [0.29, 0.717) is 5.69 Å². The van der Waals surface area contributed by atoms with E-state index in [1.807, 2.05) is 56.3 Å². The van der Waals surface area contributed by atoms with Gasteiger partial charge in [-0.05, 0) is 37.6 Å². The third-order valence-electron chi connectivity index (χ3n) is 3.96. The molecular weight excluding hydrogens is 314 g/mol. The highest BCUT2D eigenvalue weighted by Crippen LogP contribution is 2.13. The van der Waals surface area contributed by atoms with Crippen LogP contribution in [0, 0.1) is 6.92 Å². The molecule has 0 aliphatic heterocycles. The highest BCUT2D eigenvalue weighted by Gasteiger charge is 2.14. The Kier molecular flexibility index (Phi) is 4.75. The quantitative estimate of drug-likeness (QED) is 0.798. The zero-order chi connectivity index (χ0) is 17.8. The van der Waals surface area contributed by atoms with Crippen molar-refractivity contribution in [3.8, 4) is 5.69 Å². The lowest BCUT2D eigenvalue weighted by Gasteiger charge is -2.14. The van der Waals surface area contributed by atoms with Gasteiger partial charge < -0.3 is 5.32 Å². The molecule has 1 amide bonds. The van der Waals surface area contributed by atoms with Gasteiger partial charge in [0.1, 0.15) is 5.69 Å². The summed E-state index contributed by atoms with van der Waals surface area (Å²) in [4.78, 5) is 24.5. The molecule has 5 nitrogen and oxygen atoms in total. The molecule has 1 unspecified atom stereocenters. The van der Waals surface area contributed by atoms with E-state index in [1.54, 1.807) is 12.1 Å². The number of rotatable bonds is 4. The Labute approximate surface area is 145 Å². The first-order valence-electron chi connectivity index (χ1n) is 8.08. The summed E-state index contributed by atoms with van der Waals surface area (Å²) in [5, 5.41) is 7.11. The summed E-state index contributed by atoms with van der Waals surface area (Å²) >= 11 is 0. The summed E-state index contributed by atoms with van der Waals surface area (Å²) in [6.07, 6.45) is 0. The number of carbonyl (C=O) groups excluding carboxylic acids is 1. The lowest BCUT2D eigenvalue weighted by molar-refractivity contribution is 0.0933. The van der Waals surface area contributed by atoms with E-state index in [0.717, 1.165) is 5.56 Å². The van der Waals surface area contributed by atoms with Gasteiger partial charge in [0.25, 0.3) is 11.5 Å². The van der Waals surface area contributed by atoms with Gasteiger partial charge >= 0.3 is 0 Å². The molecule has 1 atom stereocenters. The largest absolute Gasteiger partial charge is 0.344 e. The highest BCUT2D eigenvalue weighted by atomic mass is 16.2. The van der Waals surface area contributed by atoms with Crippen LogP contribution in [0.2, 0.25) is 0 Å². The zero-order valence-corrected chi connectivity index (χ0v) is 14.1. The number of nitrogens with one attached hydrogen (secondary N) is 1. The zero-order valence-electron chi connectivity index (χ0n) is 14.1. The molecule has 0 aliphatic carbocycles. The molecule has 0 aliphatic rings. The number of para-hydroxylation sites is 1. The second-order valence-electron chi connectivity index (χ2n) is 5.91. The molecule has 5 heteroatoms. The molecular formula is C20H19N3O2. The average Bonchev–Trinajstić information content (AvgIpc) is 2.63. The van der Waals surface area contributed by atoms with E-state index in [1.165, 1.54) is 22.4 Å². The Morgan fingerprint density at radius 1 is 1.00 bits per heavy atom. The van der Waals surface area contributed by atoms with Crippen LogP contribution in [0.25, 0.3) is 5.69 Å². The summed E-state index contributed by atoms with van der Waals surface area (Å²) < 4.78 is 1.23. The third kappa shape index (κ3) is 3.83. The molecule has 0 saturated heterocycles. The van der Waals surface area contributed by atoms with Crippen molar-refractivity contribution in [3.63, 3.8) is 0 Å². The van der Waals surface area contributed by atoms with Crippen LogP contribution in [-0.4, -0.2) is 15.7 Å². The van der Waals surface area contributed by atoms with Gasteiger partial charge in [0.2, 0.25) is 0 Å². The maximum atomic E-state index is 12.5. The number of carbonyl (C=O) groups is 1. The minimum absolute atomic E-state index is 0.160. The van der Waals surface area contributed by atoms with Gasteiger partial charge in [-0.1, -0.05) is 48.0 Å². The molecule has 0 spiro atoms. The Hall–Kier alpha value is -3.21. The van der Waals surface area contributed by atoms with E-state index >= 15 is 0 Å². The van der Waals surface area contributed by atoms with Gasteiger partial charge in [-0.25, -0.2) is 0 Å². The van der Waals surface area contributed by atoms with Crippen molar-refractivity contribution in [2.45, 2.75) is 19.9 Å². The van der Waals surface area contributed by atoms with E-state index in [-0.39, 0.29) is 23.2 Å². The minimum atomic E-state index is -0.322. The molecule has 126 valence electrons. The van der Waals surface area contributed by atoms with Gasteiger partial charge in [-0.15, -0.1) is 0 Å². The topological polar surface area (TPSA) is 64.0 Å². The summed E-state index contributed by atoms with van der Waals surface area (Å²) in [5.74, 6) is -0.322. The van der Waals surface area contributed by atoms with Crippen LogP contribution in [0.3, 0.4) is 0 Å². The van der Waals surface area contributed by atoms with Crippen molar-refractivity contribution >= 4 is 5.91 Å². The first-order valence-corrected chi connectivity index (χ1v) is 8.08. The lowest BCUT2D eigenvalue weighted by atomic mass is 10.1. The monoisotopic (exact) mass is 333 g/mol. The molecule has 0 radical (unpaired) electrons. The van der Waals surface area contributed by atoms with Crippen molar-refractivity contribution < 1.29 is 4.79 Å². The fraction of sp³-hybridized carbons (Fsp3) is 0.150. The number of aromatic nitrogens is 2. The van der Waals surface area contributed by atoms with E-state index < -0.39 is 0 Å². The molecule has 1 aromatic heterocycles. The number of amides is 1. The maximum Gasteiger partial charge on any atom is 0.272 e. The minimum Gasteiger partial charge on any atom is -0.344 e.